The second-order valence-corrected chi connectivity index (χ2v) is 10.2. The van der Waals surface area contributed by atoms with E-state index in [1.165, 1.54) is 6.07 Å². The van der Waals surface area contributed by atoms with Crippen LogP contribution in [-0.4, -0.2) is 27.8 Å². The summed E-state index contributed by atoms with van der Waals surface area (Å²) >= 11 is 0. The van der Waals surface area contributed by atoms with Gasteiger partial charge in [0.1, 0.15) is 5.60 Å². The lowest BCUT2D eigenvalue weighted by molar-refractivity contribution is 0.0636. The van der Waals surface area contributed by atoms with Gasteiger partial charge in [-0.3, -0.25) is 10.3 Å². The highest BCUT2D eigenvalue weighted by atomic mass is 16.6. The molecule has 178 valence electrons. The van der Waals surface area contributed by atoms with E-state index in [9.17, 15) is 4.79 Å². The van der Waals surface area contributed by atoms with E-state index in [-0.39, 0.29) is 16.8 Å². The van der Waals surface area contributed by atoms with E-state index in [0.717, 1.165) is 6.07 Å². The summed E-state index contributed by atoms with van der Waals surface area (Å²) in [7, 11) is 0. The van der Waals surface area contributed by atoms with Gasteiger partial charge in [0, 0.05) is 44.6 Å². The zero-order valence-electron chi connectivity index (χ0n) is 35.2. The molecule has 0 aromatic carbocycles. The van der Waals surface area contributed by atoms with E-state index in [0.29, 0.717) is 24.8 Å². The molecule has 1 amide bonds. The molecule has 0 saturated carbocycles. The predicted octanol–water partition coefficient (Wildman–Crippen LogP) is 7.05. The van der Waals surface area contributed by atoms with Gasteiger partial charge in [-0.25, -0.2) is 4.79 Å². The predicted molar refractivity (Wildman–Crippen MR) is 133 cm³/mol. The standard InChI is InChI=1S/C27H43N3O2/c1-24(2,3)32-23(31)29-21-11-10-20(19-16-26(6,7)30-27(8,9)17-19)28-22(21)18-12-14-25(4,5)15-13-18/h10-12,19,30H,13-17H2,1-9H3,(H,29,31)/i6D3,7D3,8D3,9D3,16D2,17D2. The number of rotatable bonds is 3. The van der Waals surface area contributed by atoms with Gasteiger partial charge in [-0.15, -0.1) is 0 Å². The van der Waals surface area contributed by atoms with Crippen molar-refractivity contribution in [2.45, 2.75) is 117 Å². The van der Waals surface area contributed by atoms with Crippen molar-refractivity contribution in [1.29, 1.82) is 0 Å². The summed E-state index contributed by atoms with van der Waals surface area (Å²) < 4.78 is 141. The van der Waals surface area contributed by atoms with E-state index in [2.05, 4.69) is 10.3 Å². The van der Waals surface area contributed by atoms with E-state index >= 15 is 0 Å². The summed E-state index contributed by atoms with van der Waals surface area (Å²) in [5.41, 5.74) is -9.02. The molecule has 1 aromatic rings. The van der Waals surface area contributed by atoms with E-state index in [1.807, 2.05) is 19.9 Å². The van der Waals surface area contributed by atoms with Gasteiger partial charge in [-0.2, -0.15) is 0 Å². The molecule has 5 heteroatoms. The second-order valence-electron chi connectivity index (χ2n) is 10.2. The average Bonchev–Trinajstić information content (AvgIpc) is 2.79. The smallest absolute Gasteiger partial charge is 0.412 e. The Balaban J connectivity index is 2.51. The molecular formula is C27H43N3O2. The van der Waals surface area contributed by atoms with E-state index < -0.39 is 74.5 Å². The number of anilines is 1. The fraction of sp³-hybridized carbons (Fsp3) is 0.704. The topological polar surface area (TPSA) is 63.2 Å². The molecule has 5 nitrogen and oxygen atoms in total. The van der Waals surface area contributed by atoms with Crippen LogP contribution in [0.4, 0.5) is 10.5 Å². The summed E-state index contributed by atoms with van der Waals surface area (Å²) in [5, 5.41) is 4.22. The number of allylic oxidation sites excluding steroid dienone is 2. The molecule has 1 fully saturated rings. The number of nitrogens with one attached hydrogen (secondary N) is 2. The highest BCUT2D eigenvalue weighted by Gasteiger charge is 2.39. The number of hydrogen-bond acceptors (Lipinski definition) is 4. The van der Waals surface area contributed by atoms with Crippen molar-refractivity contribution in [2.75, 3.05) is 5.32 Å². The minimum absolute atomic E-state index is 0.0132. The van der Waals surface area contributed by atoms with Crippen molar-refractivity contribution >= 4 is 17.4 Å². The largest absolute Gasteiger partial charge is 0.444 e. The molecule has 32 heavy (non-hydrogen) atoms. The van der Waals surface area contributed by atoms with E-state index in [4.69, 9.17) is 26.7 Å². The fourth-order valence-electron chi connectivity index (χ4n) is 3.66. The fourth-order valence-corrected chi connectivity index (χ4v) is 3.66. The molecule has 1 aliphatic carbocycles. The van der Waals surface area contributed by atoms with Gasteiger partial charge in [0.15, 0.2) is 0 Å². The zero-order chi connectivity index (χ0) is 37.5. The Morgan fingerprint density at radius 3 is 2.41 bits per heavy atom. The third-order valence-electron chi connectivity index (χ3n) is 5.22. The number of carbonyl (C=O) groups is 1. The van der Waals surface area contributed by atoms with Gasteiger partial charge in [-0.1, -0.05) is 19.9 Å². The molecule has 1 aliphatic heterocycles. The minimum atomic E-state index is -3.96. The van der Waals surface area contributed by atoms with Crippen LogP contribution in [0.1, 0.15) is 133 Å². The number of piperidine rings is 1. The van der Waals surface area contributed by atoms with Crippen LogP contribution < -0.4 is 10.6 Å². The first-order chi connectivity index (χ1) is 21.1. The maximum Gasteiger partial charge on any atom is 0.412 e. The number of aromatic nitrogens is 1. The van der Waals surface area contributed by atoms with Gasteiger partial charge in [-0.05, 0) is 103 Å². The summed E-state index contributed by atoms with van der Waals surface area (Å²) in [6, 6.07) is 2.19. The first kappa shape index (κ1) is 11.0. The number of carbonyl (C=O) groups excluding carboxylic acids is 1. The number of nitrogens with zero attached hydrogens (tertiary/aromatic N) is 1. The normalized spacial score (nSPS) is 34.8. The summed E-state index contributed by atoms with van der Waals surface area (Å²) in [4.78, 5) is 17.3. The molecule has 0 atom stereocenters. The molecule has 2 N–H and O–H groups in total. The van der Waals surface area contributed by atoms with Crippen LogP contribution in [0.2, 0.25) is 0 Å². The highest BCUT2D eigenvalue weighted by molar-refractivity contribution is 5.89. The SMILES string of the molecule is [2H]C([2H])([2H])C1(C([2H])([2H])[2H])NC(C([2H])([2H])[2H])(C([2H])([2H])[2H])C([2H])([2H])C(c2ccc(NC(=O)OC(C)(C)C)c(C3=CCC(C)(C)CC3)n2)C1([2H])[2H]. The van der Waals surface area contributed by atoms with E-state index in [1.54, 1.807) is 26.1 Å². The lowest BCUT2D eigenvalue weighted by Crippen LogP contribution is -2.57. The lowest BCUT2D eigenvalue weighted by Gasteiger charge is -2.46. The van der Waals surface area contributed by atoms with Crippen LogP contribution in [0.5, 0.6) is 0 Å². The lowest BCUT2D eigenvalue weighted by atomic mass is 9.74. The summed E-state index contributed by atoms with van der Waals surface area (Å²) in [6.45, 7) is -6.91. The first-order valence-corrected chi connectivity index (χ1v) is 10.6. The van der Waals surface area contributed by atoms with Crippen molar-refractivity contribution in [3.8, 4) is 0 Å². The Bertz CT molecular complexity index is 1350. The number of ether oxygens (including phenoxy) is 1. The Morgan fingerprint density at radius 2 is 1.88 bits per heavy atom. The minimum Gasteiger partial charge on any atom is -0.444 e. The second kappa shape index (κ2) is 8.48. The van der Waals surface area contributed by atoms with Crippen molar-refractivity contribution in [3.63, 3.8) is 0 Å². The maximum atomic E-state index is 12.8. The Hall–Kier alpha value is -1.88. The van der Waals surface area contributed by atoms with Gasteiger partial charge in [0.2, 0.25) is 0 Å². The van der Waals surface area contributed by atoms with Crippen LogP contribution in [-0.2, 0) is 4.74 Å². The van der Waals surface area contributed by atoms with Gasteiger partial charge in [0.25, 0.3) is 0 Å². The Kier molecular flexibility index (Phi) is 2.92. The molecule has 1 saturated heterocycles. The monoisotopic (exact) mass is 457 g/mol. The molecule has 0 spiro atoms. The number of pyridine rings is 1. The molecule has 0 radical (unpaired) electrons. The zero-order valence-corrected chi connectivity index (χ0v) is 19.2. The summed E-state index contributed by atoms with van der Waals surface area (Å²) in [5.74, 6) is -2.71. The van der Waals surface area contributed by atoms with Crippen LogP contribution in [0.25, 0.3) is 5.57 Å². The van der Waals surface area contributed by atoms with Crippen molar-refractivity contribution in [1.82, 2.24) is 10.3 Å². The molecule has 2 aliphatic rings. The molecule has 0 bridgehead atoms. The number of amides is 1. The Labute approximate surface area is 217 Å². The highest BCUT2D eigenvalue weighted by Crippen LogP contribution is 2.42. The Morgan fingerprint density at radius 1 is 1.22 bits per heavy atom. The quantitative estimate of drug-likeness (QED) is 0.510. The van der Waals surface area contributed by atoms with Gasteiger partial charge < -0.3 is 10.1 Å². The third kappa shape index (κ3) is 6.57. The van der Waals surface area contributed by atoms with Crippen molar-refractivity contribution in [3.05, 3.63) is 29.6 Å². The van der Waals surface area contributed by atoms with Crippen molar-refractivity contribution < 1.29 is 31.5 Å². The van der Waals surface area contributed by atoms with Gasteiger partial charge >= 0.3 is 6.09 Å². The molecule has 3 rings (SSSR count). The number of hydrogen-bond donors (Lipinski definition) is 2. The van der Waals surface area contributed by atoms with Crippen LogP contribution in [0.3, 0.4) is 0 Å². The summed E-state index contributed by atoms with van der Waals surface area (Å²) in [6.07, 6.45) is -5.03. The van der Waals surface area contributed by atoms with Crippen LogP contribution in [0.15, 0.2) is 18.2 Å². The van der Waals surface area contributed by atoms with Gasteiger partial charge in [0.05, 0.1) is 11.4 Å². The molecule has 1 aromatic heterocycles. The van der Waals surface area contributed by atoms with Crippen LogP contribution >= 0.6 is 0 Å². The molecule has 0 unspecified atom stereocenters. The molecule has 2 heterocycles. The first-order valence-electron chi connectivity index (χ1n) is 18.6. The third-order valence-corrected chi connectivity index (χ3v) is 5.22. The van der Waals surface area contributed by atoms with Crippen molar-refractivity contribution in [2.24, 2.45) is 5.41 Å². The average molecular weight is 458 g/mol. The maximum absolute atomic E-state index is 12.8. The molecular weight excluding hydrogens is 398 g/mol. The van der Waals surface area contributed by atoms with Crippen LogP contribution in [0, 0.1) is 5.41 Å².